The van der Waals surface area contributed by atoms with Crippen molar-refractivity contribution in [2.24, 2.45) is 0 Å². The van der Waals surface area contributed by atoms with Gasteiger partial charge in [-0.05, 0) is 62.6 Å². The summed E-state index contributed by atoms with van der Waals surface area (Å²) in [6, 6.07) is 10.5. The summed E-state index contributed by atoms with van der Waals surface area (Å²) in [5.41, 5.74) is 1.14. The molecule has 4 rings (SSSR count). The predicted octanol–water partition coefficient (Wildman–Crippen LogP) is 4.89. The number of carbonyl (C=O) groups is 1. The number of aromatic nitrogens is 2. The summed E-state index contributed by atoms with van der Waals surface area (Å²) in [6.45, 7) is 0. The molecule has 1 aromatic carbocycles. The number of hydrogen-bond donors (Lipinski definition) is 1. The van der Waals surface area contributed by atoms with Crippen LogP contribution in [0.15, 0.2) is 36.5 Å². The van der Waals surface area contributed by atoms with Gasteiger partial charge < -0.3 is 10.1 Å². The minimum atomic E-state index is 0.0388. The highest BCUT2D eigenvalue weighted by molar-refractivity contribution is 5.90. The molecule has 2 fully saturated rings. The normalized spacial score (nSPS) is 18.1. The zero-order valence-electron chi connectivity index (χ0n) is 15.9. The van der Waals surface area contributed by atoms with Gasteiger partial charge in [0.2, 0.25) is 5.91 Å². The van der Waals surface area contributed by atoms with Crippen molar-refractivity contribution in [2.75, 3.05) is 5.32 Å². The van der Waals surface area contributed by atoms with Crippen molar-refractivity contribution >= 4 is 11.7 Å². The quantitative estimate of drug-likeness (QED) is 0.758. The SMILES string of the molecule is O=C(CCc1cccc(OC2CCCC2)c1)Nc1ccnn1C1CCCC1. The smallest absolute Gasteiger partial charge is 0.225 e. The molecule has 2 aliphatic rings. The van der Waals surface area contributed by atoms with Crippen molar-refractivity contribution in [1.82, 2.24) is 9.78 Å². The molecule has 2 aliphatic carbocycles. The van der Waals surface area contributed by atoms with Gasteiger partial charge in [-0.2, -0.15) is 5.10 Å². The van der Waals surface area contributed by atoms with E-state index in [4.69, 9.17) is 4.74 Å². The van der Waals surface area contributed by atoms with Gasteiger partial charge in [0.25, 0.3) is 0 Å². The van der Waals surface area contributed by atoms with E-state index in [1.165, 1.54) is 25.7 Å². The minimum Gasteiger partial charge on any atom is -0.490 e. The fraction of sp³-hybridized carbons (Fsp3) is 0.545. The summed E-state index contributed by atoms with van der Waals surface area (Å²) in [4.78, 5) is 12.4. The van der Waals surface area contributed by atoms with E-state index in [-0.39, 0.29) is 5.91 Å². The van der Waals surface area contributed by atoms with Gasteiger partial charge in [-0.25, -0.2) is 4.68 Å². The van der Waals surface area contributed by atoms with Crippen molar-refractivity contribution in [3.8, 4) is 5.75 Å². The van der Waals surface area contributed by atoms with E-state index in [9.17, 15) is 4.79 Å². The second-order valence-corrected chi connectivity index (χ2v) is 7.82. The van der Waals surface area contributed by atoms with Gasteiger partial charge in [-0.15, -0.1) is 0 Å². The fourth-order valence-electron chi connectivity index (χ4n) is 4.29. The van der Waals surface area contributed by atoms with Gasteiger partial charge in [0, 0.05) is 12.5 Å². The number of benzene rings is 1. The molecule has 2 saturated carbocycles. The van der Waals surface area contributed by atoms with Gasteiger partial charge in [-0.3, -0.25) is 4.79 Å². The second kappa shape index (κ2) is 8.59. The first-order chi connectivity index (χ1) is 13.3. The first kappa shape index (κ1) is 18.1. The van der Waals surface area contributed by atoms with Gasteiger partial charge in [0.05, 0.1) is 18.3 Å². The average molecular weight is 367 g/mol. The zero-order valence-corrected chi connectivity index (χ0v) is 15.9. The topological polar surface area (TPSA) is 56.1 Å². The fourth-order valence-corrected chi connectivity index (χ4v) is 4.29. The summed E-state index contributed by atoms with van der Waals surface area (Å²) in [5, 5.41) is 7.46. The third kappa shape index (κ3) is 4.71. The lowest BCUT2D eigenvalue weighted by Crippen LogP contribution is -2.18. The number of nitrogens with one attached hydrogen (secondary N) is 1. The lowest BCUT2D eigenvalue weighted by molar-refractivity contribution is -0.116. The molecular weight excluding hydrogens is 338 g/mol. The van der Waals surface area contributed by atoms with Crippen LogP contribution < -0.4 is 10.1 Å². The molecule has 1 amide bonds. The van der Waals surface area contributed by atoms with Crippen LogP contribution in [-0.4, -0.2) is 21.8 Å². The van der Waals surface area contributed by atoms with Crippen molar-refractivity contribution in [1.29, 1.82) is 0 Å². The maximum atomic E-state index is 12.4. The van der Waals surface area contributed by atoms with Crippen LogP contribution in [0.2, 0.25) is 0 Å². The number of carbonyl (C=O) groups excluding carboxylic acids is 1. The molecule has 0 atom stereocenters. The van der Waals surface area contributed by atoms with Crippen LogP contribution in [-0.2, 0) is 11.2 Å². The summed E-state index contributed by atoms with van der Waals surface area (Å²) in [7, 11) is 0. The summed E-state index contributed by atoms with van der Waals surface area (Å²) < 4.78 is 8.06. The lowest BCUT2D eigenvalue weighted by Gasteiger charge is -2.15. The lowest BCUT2D eigenvalue weighted by atomic mass is 10.1. The van der Waals surface area contributed by atoms with Gasteiger partial charge in [-0.1, -0.05) is 25.0 Å². The first-order valence-electron chi connectivity index (χ1n) is 10.4. The highest BCUT2D eigenvalue weighted by Crippen LogP contribution is 2.31. The van der Waals surface area contributed by atoms with Gasteiger partial charge >= 0.3 is 0 Å². The monoisotopic (exact) mass is 367 g/mol. The maximum absolute atomic E-state index is 12.4. The number of rotatable bonds is 7. The van der Waals surface area contributed by atoms with E-state index < -0.39 is 0 Å². The van der Waals surface area contributed by atoms with Crippen LogP contribution in [0.1, 0.15) is 69.4 Å². The molecule has 0 bridgehead atoms. The number of ether oxygens (including phenoxy) is 1. The van der Waals surface area contributed by atoms with E-state index in [0.717, 1.165) is 42.8 Å². The number of hydrogen-bond acceptors (Lipinski definition) is 3. The molecular formula is C22H29N3O2. The molecule has 1 N–H and O–H groups in total. The predicted molar refractivity (Wildman–Crippen MR) is 106 cm³/mol. The first-order valence-corrected chi connectivity index (χ1v) is 10.4. The second-order valence-electron chi connectivity index (χ2n) is 7.82. The van der Waals surface area contributed by atoms with Crippen LogP contribution in [0.4, 0.5) is 5.82 Å². The highest BCUT2D eigenvalue weighted by Gasteiger charge is 2.20. The molecule has 1 aromatic heterocycles. The molecule has 2 aromatic rings. The van der Waals surface area contributed by atoms with Gasteiger partial charge in [0.1, 0.15) is 11.6 Å². The molecule has 144 valence electrons. The van der Waals surface area contributed by atoms with Crippen LogP contribution in [0.5, 0.6) is 5.75 Å². The zero-order chi connectivity index (χ0) is 18.5. The molecule has 5 nitrogen and oxygen atoms in total. The maximum Gasteiger partial charge on any atom is 0.225 e. The molecule has 0 saturated heterocycles. The Bertz CT molecular complexity index is 758. The number of aryl methyl sites for hydroxylation is 1. The Labute approximate surface area is 161 Å². The van der Waals surface area contributed by atoms with Crippen LogP contribution in [0, 0.1) is 0 Å². The molecule has 0 unspecified atom stereocenters. The van der Waals surface area contributed by atoms with Crippen molar-refractivity contribution < 1.29 is 9.53 Å². The third-order valence-corrected chi connectivity index (χ3v) is 5.75. The van der Waals surface area contributed by atoms with E-state index >= 15 is 0 Å². The average Bonchev–Trinajstić information content (AvgIpc) is 3.42. The van der Waals surface area contributed by atoms with Crippen molar-refractivity contribution in [2.45, 2.75) is 76.4 Å². The van der Waals surface area contributed by atoms with E-state index in [2.05, 4.69) is 22.5 Å². The van der Waals surface area contributed by atoms with Crippen molar-refractivity contribution in [3.63, 3.8) is 0 Å². The van der Waals surface area contributed by atoms with Crippen LogP contribution in [0.25, 0.3) is 0 Å². The summed E-state index contributed by atoms with van der Waals surface area (Å²) >= 11 is 0. The Morgan fingerprint density at radius 3 is 2.70 bits per heavy atom. The van der Waals surface area contributed by atoms with E-state index in [1.807, 2.05) is 22.9 Å². The number of nitrogens with zero attached hydrogens (tertiary/aromatic N) is 2. The Balaban J connectivity index is 1.30. The molecule has 0 aliphatic heterocycles. The molecule has 1 heterocycles. The summed E-state index contributed by atoms with van der Waals surface area (Å²) in [5.74, 6) is 1.79. The van der Waals surface area contributed by atoms with Gasteiger partial charge in [0.15, 0.2) is 0 Å². The minimum absolute atomic E-state index is 0.0388. The highest BCUT2D eigenvalue weighted by atomic mass is 16.5. The number of amides is 1. The van der Waals surface area contributed by atoms with Crippen LogP contribution in [0.3, 0.4) is 0 Å². The Morgan fingerprint density at radius 1 is 1.11 bits per heavy atom. The van der Waals surface area contributed by atoms with Crippen LogP contribution >= 0.6 is 0 Å². The van der Waals surface area contributed by atoms with E-state index in [0.29, 0.717) is 25.0 Å². The molecule has 0 spiro atoms. The molecule has 5 heteroatoms. The standard InChI is InChI=1S/C22H29N3O2/c26-22(24-21-14-15-23-25(21)18-7-1-2-8-18)13-12-17-6-5-11-20(16-17)27-19-9-3-4-10-19/h5-6,11,14-16,18-19H,1-4,7-10,12-13H2,(H,24,26). The molecule has 27 heavy (non-hydrogen) atoms. The number of anilines is 1. The molecule has 0 radical (unpaired) electrons. The Hall–Kier alpha value is -2.30. The summed E-state index contributed by atoms with van der Waals surface area (Å²) in [6.07, 6.45) is 12.9. The third-order valence-electron chi connectivity index (χ3n) is 5.75. The Morgan fingerprint density at radius 2 is 1.89 bits per heavy atom. The largest absolute Gasteiger partial charge is 0.490 e. The Kier molecular flexibility index (Phi) is 5.75. The van der Waals surface area contributed by atoms with Crippen molar-refractivity contribution in [3.05, 3.63) is 42.1 Å². The van der Waals surface area contributed by atoms with E-state index in [1.54, 1.807) is 6.20 Å².